The molecule has 0 fully saturated rings. The van der Waals surface area contributed by atoms with Crippen molar-refractivity contribution in [2.45, 2.75) is 13.5 Å². The second-order valence-electron chi connectivity index (χ2n) is 5.54. The molecule has 138 valence electrons. The molecule has 0 aliphatic rings. The Morgan fingerprint density at radius 2 is 1.96 bits per heavy atom. The molecule has 1 amide bonds. The summed E-state index contributed by atoms with van der Waals surface area (Å²) in [6, 6.07) is 14.9. The number of hydrogen-bond donors (Lipinski definition) is 3. The summed E-state index contributed by atoms with van der Waals surface area (Å²) >= 11 is 0. The number of amides is 1. The second kappa shape index (κ2) is 10.0. The Morgan fingerprint density at radius 1 is 1.15 bits per heavy atom. The lowest BCUT2D eigenvalue weighted by molar-refractivity contribution is -0.114. The lowest BCUT2D eigenvalue weighted by Crippen LogP contribution is -2.24. The molecule has 0 atom stereocenters. The molecule has 7 heteroatoms. The van der Waals surface area contributed by atoms with Crippen LogP contribution in [0, 0.1) is 0 Å². The fourth-order valence-corrected chi connectivity index (χ4v) is 2.30. The lowest BCUT2D eigenvalue weighted by atomic mass is 10.2. The maximum absolute atomic E-state index is 11.1. The first-order valence-electron chi connectivity index (χ1n) is 8.22. The number of benzene rings is 2. The zero-order chi connectivity index (χ0) is 18.8. The van der Waals surface area contributed by atoms with E-state index in [9.17, 15) is 4.79 Å². The first-order valence-corrected chi connectivity index (χ1v) is 8.22. The Bertz CT molecular complexity index is 762. The number of rotatable bonds is 8. The molecule has 0 radical (unpaired) electrons. The third-order valence-electron chi connectivity index (χ3n) is 3.38. The molecule has 7 nitrogen and oxygen atoms in total. The Labute approximate surface area is 153 Å². The minimum Gasteiger partial charge on any atom is -0.492 e. The largest absolute Gasteiger partial charge is 0.492 e. The van der Waals surface area contributed by atoms with Gasteiger partial charge in [0.1, 0.15) is 12.4 Å². The van der Waals surface area contributed by atoms with Gasteiger partial charge in [0.25, 0.3) is 0 Å². The average molecular weight is 356 g/mol. The number of hydrogen-bond acceptors (Lipinski definition) is 4. The highest BCUT2D eigenvalue weighted by Crippen LogP contribution is 2.17. The van der Waals surface area contributed by atoms with Crippen LogP contribution >= 0.6 is 0 Å². The summed E-state index contributed by atoms with van der Waals surface area (Å²) < 4.78 is 10.8. The van der Waals surface area contributed by atoms with Crippen molar-refractivity contribution in [1.29, 1.82) is 0 Å². The van der Waals surface area contributed by atoms with Gasteiger partial charge in [-0.3, -0.25) is 4.79 Å². The van der Waals surface area contributed by atoms with Crippen molar-refractivity contribution < 1.29 is 14.3 Å². The Balaban J connectivity index is 1.84. The topological polar surface area (TPSA) is 98.0 Å². The van der Waals surface area contributed by atoms with Crippen LogP contribution in [0.4, 0.5) is 11.4 Å². The predicted octanol–water partition coefficient (Wildman–Crippen LogP) is 2.60. The molecular weight excluding hydrogens is 332 g/mol. The number of ether oxygens (including phenoxy) is 2. The Kier molecular flexibility index (Phi) is 7.45. The number of nitrogens with two attached hydrogens (primary N) is 1. The maximum Gasteiger partial charge on any atom is 0.221 e. The van der Waals surface area contributed by atoms with Crippen LogP contribution in [-0.2, 0) is 16.1 Å². The minimum absolute atomic E-state index is 0.126. The summed E-state index contributed by atoms with van der Waals surface area (Å²) in [4.78, 5) is 15.3. The van der Waals surface area contributed by atoms with Crippen LogP contribution in [0.5, 0.6) is 5.75 Å². The van der Waals surface area contributed by atoms with Gasteiger partial charge in [0.15, 0.2) is 5.96 Å². The van der Waals surface area contributed by atoms with Crippen LogP contribution in [0.15, 0.2) is 53.5 Å². The maximum atomic E-state index is 11.1. The van der Waals surface area contributed by atoms with E-state index >= 15 is 0 Å². The van der Waals surface area contributed by atoms with Crippen LogP contribution < -0.4 is 21.1 Å². The molecule has 0 saturated heterocycles. The van der Waals surface area contributed by atoms with E-state index in [4.69, 9.17) is 15.2 Å². The molecule has 0 aliphatic carbocycles. The summed E-state index contributed by atoms with van der Waals surface area (Å²) in [6.45, 7) is 2.72. The standard InChI is InChI=1S/C19H24N4O3/c1-14(24)22-16-7-5-8-17(12-16)26-11-10-21-19(20)23-18-9-4-3-6-15(18)13-25-2/h3-9,12H,10-11,13H2,1-2H3,(H,22,24)(H3,20,21,23). The molecule has 0 spiro atoms. The molecule has 2 aromatic carbocycles. The van der Waals surface area contributed by atoms with Crippen molar-refractivity contribution in [2.24, 2.45) is 10.7 Å². The molecule has 0 heterocycles. The molecule has 0 aromatic heterocycles. The van der Waals surface area contributed by atoms with Crippen molar-refractivity contribution in [3.63, 3.8) is 0 Å². The third-order valence-corrected chi connectivity index (χ3v) is 3.38. The summed E-state index contributed by atoms with van der Waals surface area (Å²) in [5, 5.41) is 5.78. The fraction of sp³-hybridized carbons (Fsp3) is 0.263. The average Bonchev–Trinajstić information content (AvgIpc) is 2.60. The van der Waals surface area contributed by atoms with Crippen LogP contribution in [0.1, 0.15) is 12.5 Å². The molecule has 4 N–H and O–H groups in total. The summed E-state index contributed by atoms with van der Waals surface area (Å²) in [5.74, 6) is 0.840. The smallest absolute Gasteiger partial charge is 0.221 e. The molecule has 0 saturated carbocycles. The normalized spacial score (nSPS) is 11.1. The highest BCUT2D eigenvalue weighted by molar-refractivity contribution is 5.93. The van der Waals surface area contributed by atoms with Gasteiger partial charge in [-0.15, -0.1) is 0 Å². The highest BCUT2D eigenvalue weighted by Gasteiger charge is 2.02. The number of nitrogens with one attached hydrogen (secondary N) is 2. The number of carbonyl (C=O) groups is 1. The van der Waals surface area contributed by atoms with Crippen molar-refractivity contribution in [3.8, 4) is 5.75 Å². The van der Waals surface area contributed by atoms with E-state index in [0.717, 1.165) is 11.3 Å². The molecular formula is C19H24N4O3. The van der Waals surface area contributed by atoms with Crippen molar-refractivity contribution in [3.05, 3.63) is 54.1 Å². The van der Waals surface area contributed by atoms with Gasteiger partial charge in [-0.25, -0.2) is 4.99 Å². The van der Waals surface area contributed by atoms with Crippen molar-refractivity contribution >= 4 is 23.2 Å². The summed E-state index contributed by atoms with van der Waals surface area (Å²) in [5.41, 5.74) is 8.47. The molecule has 26 heavy (non-hydrogen) atoms. The summed E-state index contributed by atoms with van der Waals surface area (Å²) in [7, 11) is 1.65. The van der Waals surface area contributed by atoms with Gasteiger partial charge >= 0.3 is 0 Å². The van der Waals surface area contributed by atoms with E-state index in [1.807, 2.05) is 36.4 Å². The number of guanidine groups is 1. The van der Waals surface area contributed by atoms with E-state index < -0.39 is 0 Å². The van der Waals surface area contributed by atoms with Gasteiger partial charge in [0.2, 0.25) is 5.91 Å². The predicted molar refractivity (Wildman–Crippen MR) is 104 cm³/mol. The first-order chi connectivity index (χ1) is 12.6. The fourth-order valence-electron chi connectivity index (χ4n) is 2.30. The zero-order valence-electron chi connectivity index (χ0n) is 15.0. The van der Waals surface area contributed by atoms with Gasteiger partial charge in [0.05, 0.1) is 13.2 Å². The molecule has 0 bridgehead atoms. The van der Waals surface area contributed by atoms with Crippen LogP contribution in [-0.4, -0.2) is 32.1 Å². The molecule has 0 unspecified atom stereocenters. The Hall–Kier alpha value is -3.06. The van der Waals surface area contributed by atoms with Gasteiger partial charge in [-0.05, 0) is 18.2 Å². The molecule has 0 aliphatic heterocycles. The molecule has 2 aromatic rings. The molecule has 2 rings (SSSR count). The monoisotopic (exact) mass is 356 g/mol. The third kappa shape index (κ3) is 6.45. The quantitative estimate of drug-likeness (QED) is 0.384. The number of methoxy groups -OCH3 is 1. The van der Waals surface area contributed by atoms with Crippen molar-refractivity contribution in [2.75, 3.05) is 30.9 Å². The van der Waals surface area contributed by atoms with Gasteiger partial charge < -0.3 is 25.8 Å². The van der Waals surface area contributed by atoms with E-state index in [1.54, 1.807) is 19.2 Å². The number of para-hydroxylation sites is 1. The van der Waals surface area contributed by atoms with E-state index in [0.29, 0.717) is 37.2 Å². The van der Waals surface area contributed by atoms with Gasteiger partial charge in [-0.1, -0.05) is 24.3 Å². The lowest BCUT2D eigenvalue weighted by Gasteiger charge is -2.11. The van der Waals surface area contributed by atoms with E-state index in [2.05, 4.69) is 15.6 Å². The minimum atomic E-state index is -0.126. The number of nitrogens with zero attached hydrogens (tertiary/aromatic N) is 1. The second-order valence-corrected chi connectivity index (χ2v) is 5.54. The van der Waals surface area contributed by atoms with Crippen LogP contribution in [0.2, 0.25) is 0 Å². The van der Waals surface area contributed by atoms with E-state index in [1.165, 1.54) is 6.92 Å². The first kappa shape index (κ1) is 19.3. The number of anilines is 2. The van der Waals surface area contributed by atoms with Crippen molar-refractivity contribution in [1.82, 2.24) is 0 Å². The van der Waals surface area contributed by atoms with Crippen LogP contribution in [0.25, 0.3) is 0 Å². The highest BCUT2D eigenvalue weighted by atomic mass is 16.5. The summed E-state index contributed by atoms with van der Waals surface area (Å²) in [6.07, 6.45) is 0. The zero-order valence-corrected chi connectivity index (χ0v) is 15.0. The van der Waals surface area contributed by atoms with Crippen LogP contribution in [0.3, 0.4) is 0 Å². The van der Waals surface area contributed by atoms with Gasteiger partial charge in [0, 0.05) is 37.0 Å². The number of aliphatic imine (C=N–C) groups is 1. The van der Waals surface area contributed by atoms with Gasteiger partial charge in [-0.2, -0.15) is 0 Å². The number of carbonyl (C=O) groups excluding carboxylic acids is 1. The SMILES string of the molecule is COCc1ccccc1NC(N)=NCCOc1cccc(NC(C)=O)c1. The van der Waals surface area contributed by atoms with E-state index in [-0.39, 0.29) is 5.91 Å². The Morgan fingerprint density at radius 3 is 2.73 bits per heavy atom.